The van der Waals surface area contributed by atoms with Crippen LogP contribution in [0.4, 0.5) is 5.00 Å². The van der Waals surface area contributed by atoms with Crippen LogP contribution in [0.2, 0.25) is 5.02 Å². The molecule has 0 aliphatic heterocycles. The van der Waals surface area contributed by atoms with E-state index in [1.165, 1.54) is 11.3 Å². The summed E-state index contributed by atoms with van der Waals surface area (Å²) in [5, 5.41) is 1.10. The summed E-state index contributed by atoms with van der Waals surface area (Å²) in [4.78, 5) is 13.2. The monoisotopic (exact) mass is 309 g/mol. The third-order valence-electron chi connectivity index (χ3n) is 2.77. The SMILES string of the molecule is Cc1sc(N)c(C(=O)OC(C)C)c1-c1cccc(Cl)c1. The first kappa shape index (κ1) is 14.9. The van der Waals surface area contributed by atoms with Crippen molar-refractivity contribution >= 4 is 33.9 Å². The van der Waals surface area contributed by atoms with E-state index in [1.54, 1.807) is 6.07 Å². The van der Waals surface area contributed by atoms with Gasteiger partial charge in [0.2, 0.25) is 0 Å². The molecule has 1 heterocycles. The van der Waals surface area contributed by atoms with Gasteiger partial charge in [0.1, 0.15) is 10.6 Å². The number of nitrogen functional groups attached to an aromatic ring is 1. The molecular formula is C15H16ClNO2S. The molecule has 0 bridgehead atoms. The standard InChI is InChI=1S/C15H16ClNO2S/c1-8(2)19-15(18)13-12(9(3)20-14(13)17)10-5-4-6-11(16)7-10/h4-8H,17H2,1-3H3. The first-order valence-electron chi connectivity index (χ1n) is 6.26. The number of anilines is 1. The number of aryl methyl sites for hydroxylation is 1. The van der Waals surface area contributed by atoms with E-state index < -0.39 is 5.97 Å². The molecule has 3 nitrogen and oxygen atoms in total. The molecule has 1 aromatic carbocycles. The van der Waals surface area contributed by atoms with Gasteiger partial charge in [-0.05, 0) is 38.5 Å². The number of thiophene rings is 1. The van der Waals surface area contributed by atoms with Crippen molar-refractivity contribution in [1.82, 2.24) is 0 Å². The molecule has 0 amide bonds. The van der Waals surface area contributed by atoms with E-state index in [0.29, 0.717) is 15.6 Å². The fourth-order valence-electron chi connectivity index (χ4n) is 2.03. The zero-order valence-corrected chi connectivity index (χ0v) is 13.1. The molecule has 2 rings (SSSR count). The van der Waals surface area contributed by atoms with Crippen molar-refractivity contribution in [1.29, 1.82) is 0 Å². The van der Waals surface area contributed by atoms with Gasteiger partial charge in [-0.25, -0.2) is 4.79 Å². The second-order valence-corrected chi connectivity index (χ2v) is 6.43. The highest BCUT2D eigenvalue weighted by atomic mass is 35.5. The van der Waals surface area contributed by atoms with Gasteiger partial charge >= 0.3 is 5.97 Å². The summed E-state index contributed by atoms with van der Waals surface area (Å²) in [6, 6.07) is 7.37. The first-order valence-corrected chi connectivity index (χ1v) is 7.45. The number of hydrogen-bond acceptors (Lipinski definition) is 4. The molecule has 0 saturated carbocycles. The number of carbonyl (C=O) groups is 1. The maximum atomic E-state index is 12.2. The molecule has 2 N–H and O–H groups in total. The zero-order chi connectivity index (χ0) is 14.9. The number of hydrogen-bond donors (Lipinski definition) is 1. The molecule has 0 spiro atoms. The van der Waals surface area contributed by atoms with Crippen LogP contribution in [0, 0.1) is 6.92 Å². The fourth-order valence-corrected chi connectivity index (χ4v) is 3.16. The molecule has 106 valence electrons. The Labute approximate surface area is 127 Å². The second-order valence-electron chi connectivity index (χ2n) is 4.74. The smallest absolute Gasteiger partial charge is 0.342 e. The Morgan fingerprint density at radius 3 is 2.70 bits per heavy atom. The van der Waals surface area contributed by atoms with Crippen molar-refractivity contribution in [3.05, 3.63) is 39.7 Å². The van der Waals surface area contributed by atoms with E-state index in [9.17, 15) is 4.79 Å². The second kappa shape index (κ2) is 5.85. The highest BCUT2D eigenvalue weighted by Crippen LogP contribution is 2.39. The molecular weight excluding hydrogens is 294 g/mol. The Morgan fingerprint density at radius 1 is 1.40 bits per heavy atom. The van der Waals surface area contributed by atoms with Gasteiger partial charge in [0, 0.05) is 15.5 Å². The number of carbonyl (C=O) groups excluding carboxylic acids is 1. The first-order chi connectivity index (χ1) is 9.40. The quantitative estimate of drug-likeness (QED) is 0.848. The van der Waals surface area contributed by atoms with Crippen LogP contribution in [0.15, 0.2) is 24.3 Å². The minimum Gasteiger partial charge on any atom is -0.459 e. The summed E-state index contributed by atoms with van der Waals surface area (Å²) in [6.45, 7) is 5.56. The third-order valence-corrected chi connectivity index (χ3v) is 3.94. The predicted molar refractivity (Wildman–Crippen MR) is 84.5 cm³/mol. The Kier molecular flexibility index (Phi) is 4.35. The van der Waals surface area contributed by atoms with Gasteiger partial charge in [-0.1, -0.05) is 23.7 Å². The van der Waals surface area contributed by atoms with Crippen LogP contribution in [0.3, 0.4) is 0 Å². The normalized spacial score (nSPS) is 10.8. The van der Waals surface area contributed by atoms with Gasteiger partial charge in [0.05, 0.1) is 6.10 Å². The van der Waals surface area contributed by atoms with E-state index in [0.717, 1.165) is 16.0 Å². The number of rotatable bonds is 3. The summed E-state index contributed by atoms with van der Waals surface area (Å²) in [6.07, 6.45) is -0.186. The molecule has 2 aromatic rings. The van der Waals surface area contributed by atoms with Gasteiger partial charge in [-0.15, -0.1) is 11.3 Å². The lowest BCUT2D eigenvalue weighted by Gasteiger charge is -2.10. The number of nitrogens with two attached hydrogens (primary N) is 1. The van der Waals surface area contributed by atoms with Crippen molar-refractivity contribution in [2.24, 2.45) is 0 Å². The van der Waals surface area contributed by atoms with E-state index in [1.807, 2.05) is 39.0 Å². The topological polar surface area (TPSA) is 52.3 Å². The van der Waals surface area contributed by atoms with Crippen LogP contribution in [-0.2, 0) is 4.74 Å². The van der Waals surface area contributed by atoms with E-state index in [4.69, 9.17) is 22.1 Å². The van der Waals surface area contributed by atoms with Crippen molar-refractivity contribution < 1.29 is 9.53 Å². The van der Waals surface area contributed by atoms with Crippen molar-refractivity contribution in [2.75, 3.05) is 5.73 Å². The number of ether oxygens (including phenoxy) is 1. The molecule has 0 saturated heterocycles. The van der Waals surface area contributed by atoms with Gasteiger partial charge in [0.25, 0.3) is 0 Å². The lowest BCUT2D eigenvalue weighted by atomic mass is 10.0. The number of esters is 1. The molecule has 1 aromatic heterocycles. The summed E-state index contributed by atoms with van der Waals surface area (Å²) >= 11 is 7.41. The third kappa shape index (κ3) is 2.97. The van der Waals surface area contributed by atoms with Crippen molar-refractivity contribution in [3.63, 3.8) is 0 Å². The van der Waals surface area contributed by atoms with Gasteiger partial charge in [-0.3, -0.25) is 0 Å². The molecule has 0 atom stereocenters. The van der Waals surface area contributed by atoms with Crippen LogP contribution < -0.4 is 5.73 Å². The van der Waals surface area contributed by atoms with Gasteiger partial charge in [0.15, 0.2) is 0 Å². The van der Waals surface area contributed by atoms with Crippen LogP contribution in [0.5, 0.6) is 0 Å². The summed E-state index contributed by atoms with van der Waals surface area (Å²) in [7, 11) is 0. The Hall–Kier alpha value is -1.52. The Balaban J connectivity index is 2.56. The van der Waals surface area contributed by atoms with Gasteiger partial charge in [-0.2, -0.15) is 0 Å². The molecule has 0 aliphatic carbocycles. The van der Waals surface area contributed by atoms with E-state index >= 15 is 0 Å². The minimum atomic E-state index is -0.392. The Bertz CT molecular complexity index is 649. The van der Waals surface area contributed by atoms with Crippen LogP contribution in [0.1, 0.15) is 29.1 Å². The van der Waals surface area contributed by atoms with E-state index in [-0.39, 0.29) is 6.10 Å². The lowest BCUT2D eigenvalue weighted by molar-refractivity contribution is 0.0380. The number of benzene rings is 1. The van der Waals surface area contributed by atoms with Crippen molar-refractivity contribution in [2.45, 2.75) is 26.9 Å². The highest BCUT2D eigenvalue weighted by molar-refractivity contribution is 7.16. The number of halogens is 1. The van der Waals surface area contributed by atoms with Crippen LogP contribution in [0.25, 0.3) is 11.1 Å². The maximum Gasteiger partial charge on any atom is 0.342 e. The van der Waals surface area contributed by atoms with Gasteiger partial charge < -0.3 is 10.5 Å². The van der Waals surface area contributed by atoms with Crippen LogP contribution in [-0.4, -0.2) is 12.1 Å². The van der Waals surface area contributed by atoms with Crippen molar-refractivity contribution in [3.8, 4) is 11.1 Å². The minimum absolute atomic E-state index is 0.186. The maximum absolute atomic E-state index is 12.2. The molecule has 5 heteroatoms. The Morgan fingerprint density at radius 2 is 2.10 bits per heavy atom. The summed E-state index contributed by atoms with van der Waals surface area (Å²) in [5.41, 5.74) is 8.09. The molecule has 20 heavy (non-hydrogen) atoms. The molecule has 0 aliphatic rings. The molecule has 0 unspecified atom stereocenters. The summed E-state index contributed by atoms with van der Waals surface area (Å²) < 4.78 is 5.28. The lowest BCUT2D eigenvalue weighted by Crippen LogP contribution is -2.13. The zero-order valence-electron chi connectivity index (χ0n) is 11.6. The molecule has 0 fully saturated rings. The highest BCUT2D eigenvalue weighted by Gasteiger charge is 2.23. The summed E-state index contributed by atoms with van der Waals surface area (Å²) in [5.74, 6) is -0.392. The largest absolute Gasteiger partial charge is 0.459 e. The average Bonchev–Trinajstić information content (AvgIpc) is 2.63. The molecule has 0 radical (unpaired) electrons. The van der Waals surface area contributed by atoms with E-state index in [2.05, 4.69) is 0 Å². The average molecular weight is 310 g/mol. The predicted octanol–water partition coefficient (Wildman–Crippen LogP) is 4.52. The fraction of sp³-hybridized carbons (Fsp3) is 0.267. The van der Waals surface area contributed by atoms with Crippen LogP contribution >= 0.6 is 22.9 Å².